The van der Waals surface area contributed by atoms with Gasteiger partial charge in [-0.05, 0) is 45.4 Å². The van der Waals surface area contributed by atoms with Crippen LogP contribution in [0.1, 0.15) is 37.4 Å². The van der Waals surface area contributed by atoms with Gasteiger partial charge in [0.2, 0.25) is 0 Å². The Balaban J connectivity index is 1.89. The molecule has 0 aliphatic heterocycles. The molecule has 0 spiro atoms. The molecule has 0 aliphatic carbocycles. The van der Waals surface area contributed by atoms with E-state index in [1.54, 1.807) is 15.3 Å². The Hall–Kier alpha value is -2.61. The minimum absolute atomic E-state index is 0.0246. The molecule has 0 fully saturated rings. The highest BCUT2D eigenvalue weighted by Crippen LogP contribution is 2.24. The van der Waals surface area contributed by atoms with E-state index in [2.05, 4.69) is 15.6 Å². The van der Waals surface area contributed by atoms with Crippen LogP contribution >= 0.6 is 11.3 Å². The Morgan fingerprint density at radius 3 is 2.46 bits per heavy atom. The van der Waals surface area contributed by atoms with E-state index in [0.29, 0.717) is 18.8 Å². The van der Waals surface area contributed by atoms with Gasteiger partial charge in [0.1, 0.15) is 5.01 Å². The number of aryl methyl sites for hydroxylation is 3. The molecule has 7 nitrogen and oxygen atoms in total. The van der Waals surface area contributed by atoms with Crippen LogP contribution in [0.25, 0.3) is 11.0 Å². The van der Waals surface area contributed by atoms with Crippen LogP contribution in [-0.4, -0.2) is 20.1 Å². The Labute approximate surface area is 155 Å². The molecule has 0 saturated heterocycles. The number of urea groups is 1. The number of thiazole rings is 1. The molecule has 2 aromatic heterocycles. The third kappa shape index (κ3) is 3.24. The first-order valence-corrected chi connectivity index (χ1v) is 9.54. The van der Waals surface area contributed by atoms with Crippen molar-refractivity contribution in [3.63, 3.8) is 0 Å². The van der Waals surface area contributed by atoms with Crippen LogP contribution in [0.15, 0.2) is 28.5 Å². The van der Waals surface area contributed by atoms with Crippen LogP contribution in [0.3, 0.4) is 0 Å². The van der Waals surface area contributed by atoms with E-state index in [1.807, 2.05) is 45.2 Å². The summed E-state index contributed by atoms with van der Waals surface area (Å²) in [4.78, 5) is 29.1. The van der Waals surface area contributed by atoms with Crippen LogP contribution in [-0.2, 0) is 13.1 Å². The fraction of sp³-hybridized carbons (Fsp3) is 0.389. The highest BCUT2D eigenvalue weighted by atomic mass is 32.1. The molecule has 0 saturated carbocycles. The van der Waals surface area contributed by atoms with Crippen LogP contribution in [0.2, 0.25) is 0 Å². The molecule has 3 aromatic rings. The summed E-state index contributed by atoms with van der Waals surface area (Å²) in [6.07, 6.45) is 1.72. The van der Waals surface area contributed by atoms with Crippen molar-refractivity contribution in [1.82, 2.24) is 19.4 Å². The number of aromatic nitrogens is 3. The molecule has 0 unspecified atom stereocenters. The van der Waals surface area contributed by atoms with Gasteiger partial charge in [0.25, 0.3) is 0 Å². The van der Waals surface area contributed by atoms with E-state index >= 15 is 0 Å². The second-order valence-electron chi connectivity index (χ2n) is 6.12. The number of anilines is 1. The quantitative estimate of drug-likeness (QED) is 0.718. The molecule has 2 heterocycles. The zero-order chi connectivity index (χ0) is 18.8. The summed E-state index contributed by atoms with van der Waals surface area (Å²) in [6.45, 7) is 8.90. The largest absolute Gasteiger partial charge is 0.329 e. The Kier molecular flexibility index (Phi) is 5.13. The summed E-state index contributed by atoms with van der Waals surface area (Å²) in [5.41, 5.74) is 3.29. The Morgan fingerprint density at radius 1 is 1.23 bits per heavy atom. The summed E-state index contributed by atoms with van der Waals surface area (Å²) < 4.78 is 3.47. The highest BCUT2D eigenvalue weighted by Gasteiger charge is 2.16. The van der Waals surface area contributed by atoms with Gasteiger partial charge < -0.3 is 10.6 Å². The summed E-state index contributed by atoms with van der Waals surface area (Å²) in [6, 6.07) is 3.35. The van der Waals surface area contributed by atoms with Gasteiger partial charge in [-0.15, -0.1) is 11.3 Å². The van der Waals surface area contributed by atoms with E-state index in [0.717, 1.165) is 21.6 Å². The van der Waals surface area contributed by atoms with Crippen molar-refractivity contribution in [2.24, 2.45) is 0 Å². The average molecular weight is 373 g/mol. The van der Waals surface area contributed by atoms with Crippen LogP contribution in [0.5, 0.6) is 0 Å². The van der Waals surface area contributed by atoms with Crippen LogP contribution in [0, 0.1) is 6.92 Å². The smallest absolute Gasteiger partial charge is 0.329 e. The number of carbonyl (C=O) groups excluding carboxylic acids is 1. The Bertz CT molecular complexity index is 987. The van der Waals surface area contributed by atoms with Gasteiger partial charge in [-0.3, -0.25) is 9.13 Å². The number of benzene rings is 1. The fourth-order valence-electron chi connectivity index (χ4n) is 3.08. The molecule has 0 aliphatic rings. The number of hydrogen-bond donors (Lipinski definition) is 2. The first-order valence-electron chi connectivity index (χ1n) is 8.66. The summed E-state index contributed by atoms with van der Waals surface area (Å²) in [5.74, 6) is 0. The van der Waals surface area contributed by atoms with E-state index in [9.17, 15) is 9.59 Å². The average Bonchev–Trinajstić information content (AvgIpc) is 3.21. The van der Waals surface area contributed by atoms with Crippen LogP contribution in [0.4, 0.5) is 10.5 Å². The third-order valence-electron chi connectivity index (χ3n) is 4.42. The zero-order valence-electron chi connectivity index (χ0n) is 15.4. The number of amides is 2. The molecule has 1 aromatic carbocycles. The molecule has 8 heteroatoms. The SMILES string of the molecule is CCn1c(=O)n(CC)c2cc(NC(=O)N[C@@H](C)c3nccs3)c(C)cc21. The second-order valence-corrected chi connectivity index (χ2v) is 7.04. The number of imidazole rings is 1. The minimum atomic E-state index is -0.296. The van der Waals surface area contributed by atoms with E-state index in [1.165, 1.54) is 11.3 Å². The maximum Gasteiger partial charge on any atom is 0.329 e. The topological polar surface area (TPSA) is 81.0 Å². The first kappa shape index (κ1) is 18.2. The molecular formula is C18H23N5O2S. The lowest BCUT2D eigenvalue weighted by molar-refractivity contribution is 0.249. The standard InChI is InChI=1S/C18H23N5O2S/c1-5-22-14-9-11(3)13(10-15(14)23(6-2)18(22)25)21-17(24)20-12(4)16-19-7-8-26-16/h7-10,12H,5-6H2,1-4H3,(H2,20,21,24)/t12-/m0/s1. The van der Waals surface area contributed by atoms with Gasteiger partial charge >= 0.3 is 11.7 Å². The van der Waals surface area contributed by atoms with E-state index < -0.39 is 0 Å². The number of carbonyl (C=O) groups is 1. The second kappa shape index (κ2) is 7.33. The fourth-order valence-corrected chi connectivity index (χ4v) is 3.72. The highest BCUT2D eigenvalue weighted by molar-refractivity contribution is 7.09. The lowest BCUT2D eigenvalue weighted by Crippen LogP contribution is -2.31. The van der Waals surface area contributed by atoms with Crippen molar-refractivity contribution in [2.45, 2.75) is 46.8 Å². The third-order valence-corrected chi connectivity index (χ3v) is 5.37. The number of nitrogens with one attached hydrogen (secondary N) is 2. The van der Waals surface area contributed by atoms with E-state index in [-0.39, 0.29) is 17.8 Å². The summed E-state index contributed by atoms with van der Waals surface area (Å²) in [7, 11) is 0. The number of hydrogen-bond acceptors (Lipinski definition) is 4. The maximum absolute atomic E-state index is 12.5. The van der Waals surface area contributed by atoms with Crippen molar-refractivity contribution in [3.05, 3.63) is 44.8 Å². The lowest BCUT2D eigenvalue weighted by Gasteiger charge is -2.14. The van der Waals surface area contributed by atoms with Gasteiger partial charge in [-0.1, -0.05) is 0 Å². The predicted octanol–water partition coefficient (Wildman–Crippen LogP) is 3.49. The van der Waals surface area contributed by atoms with Gasteiger partial charge in [0.05, 0.1) is 17.1 Å². The zero-order valence-corrected chi connectivity index (χ0v) is 16.2. The maximum atomic E-state index is 12.5. The molecular weight excluding hydrogens is 350 g/mol. The molecule has 2 N–H and O–H groups in total. The minimum Gasteiger partial charge on any atom is -0.329 e. The number of nitrogens with zero attached hydrogens (tertiary/aromatic N) is 3. The molecule has 0 radical (unpaired) electrons. The molecule has 0 bridgehead atoms. The van der Waals surface area contributed by atoms with Crippen molar-refractivity contribution >= 4 is 34.1 Å². The molecule has 138 valence electrons. The number of fused-ring (bicyclic) bond motifs is 1. The van der Waals surface area contributed by atoms with Gasteiger partial charge in [-0.2, -0.15) is 0 Å². The summed E-state index contributed by atoms with van der Waals surface area (Å²) in [5, 5.41) is 8.52. The van der Waals surface area contributed by atoms with Crippen molar-refractivity contribution in [2.75, 3.05) is 5.32 Å². The molecule has 1 atom stereocenters. The monoisotopic (exact) mass is 373 g/mol. The lowest BCUT2D eigenvalue weighted by atomic mass is 10.1. The van der Waals surface area contributed by atoms with Crippen molar-refractivity contribution < 1.29 is 4.79 Å². The normalized spacial score (nSPS) is 12.3. The number of rotatable bonds is 5. The van der Waals surface area contributed by atoms with Gasteiger partial charge in [0, 0.05) is 30.4 Å². The van der Waals surface area contributed by atoms with E-state index in [4.69, 9.17) is 0 Å². The first-order chi connectivity index (χ1) is 12.5. The van der Waals surface area contributed by atoms with Crippen molar-refractivity contribution in [3.8, 4) is 0 Å². The molecule has 2 amide bonds. The van der Waals surface area contributed by atoms with Crippen LogP contribution < -0.4 is 16.3 Å². The molecule has 3 rings (SSSR count). The molecule has 26 heavy (non-hydrogen) atoms. The Morgan fingerprint density at radius 2 is 1.88 bits per heavy atom. The van der Waals surface area contributed by atoms with Crippen molar-refractivity contribution in [1.29, 1.82) is 0 Å². The van der Waals surface area contributed by atoms with Gasteiger partial charge in [-0.25, -0.2) is 14.6 Å². The van der Waals surface area contributed by atoms with Gasteiger partial charge in [0.15, 0.2) is 0 Å². The predicted molar refractivity (Wildman–Crippen MR) is 105 cm³/mol. The summed E-state index contributed by atoms with van der Waals surface area (Å²) >= 11 is 1.50.